The van der Waals surface area contributed by atoms with Gasteiger partial charge in [-0.15, -0.1) is 0 Å². The van der Waals surface area contributed by atoms with E-state index in [0.29, 0.717) is 65.6 Å². The number of esters is 3. The van der Waals surface area contributed by atoms with Crippen LogP contribution >= 0.6 is 11.6 Å². The number of unbranched alkanes of at least 4 members (excludes halogenated alkanes) is 1. The lowest BCUT2D eigenvalue weighted by atomic mass is 9.80. The topological polar surface area (TPSA) is 100 Å². The molecule has 1 N–H and O–H groups in total. The van der Waals surface area contributed by atoms with Crippen LogP contribution in [0.2, 0.25) is 5.02 Å². The first-order valence-electron chi connectivity index (χ1n) is 12.8. The Hall–Kier alpha value is -3.78. The average Bonchev–Trinajstić information content (AvgIpc) is 2.90. The summed E-state index contributed by atoms with van der Waals surface area (Å²) in [5, 5.41) is 3.62. The quantitative estimate of drug-likeness (QED) is 0.215. The molecule has 0 spiro atoms. The van der Waals surface area contributed by atoms with Crippen molar-refractivity contribution in [1.82, 2.24) is 5.32 Å². The Morgan fingerprint density at radius 2 is 1.54 bits per heavy atom. The number of allylic oxidation sites excluding steroid dienone is 2. The van der Waals surface area contributed by atoms with Crippen LogP contribution in [0.1, 0.15) is 50.7 Å². The molecule has 0 aromatic heterocycles. The average molecular weight is 556 g/mol. The highest BCUT2D eigenvalue weighted by Gasteiger charge is 2.37. The number of halogens is 1. The van der Waals surface area contributed by atoms with E-state index in [1.54, 1.807) is 32.0 Å². The molecule has 0 saturated heterocycles. The fraction of sp³-hybridized carbons (Fsp3) is 0.367. The van der Waals surface area contributed by atoms with Crippen molar-refractivity contribution < 1.29 is 33.3 Å². The Kier molecular flexibility index (Phi) is 11.0. The van der Waals surface area contributed by atoms with Crippen LogP contribution in [-0.4, -0.2) is 44.8 Å². The lowest BCUT2D eigenvalue weighted by Crippen LogP contribution is -2.32. The van der Waals surface area contributed by atoms with E-state index in [2.05, 4.69) is 5.32 Å². The fourth-order valence-electron chi connectivity index (χ4n) is 4.37. The van der Waals surface area contributed by atoms with Gasteiger partial charge in [-0.05, 0) is 62.1 Å². The number of ether oxygens (including phenoxy) is 4. The van der Waals surface area contributed by atoms with Crippen molar-refractivity contribution in [3.05, 3.63) is 87.2 Å². The van der Waals surface area contributed by atoms with Gasteiger partial charge >= 0.3 is 17.9 Å². The van der Waals surface area contributed by atoms with E-state index >= 15 is 0 Å². The molecule has 0 aliphatic carbocycles. The molecule has 1 aliphatic rings. The van der Waals surface area contributed by atoms with Crippen molar-refractivity contribution in [2.24, 2.45) is 0 Å². The lowest BCUT2D eigenvalue weighted by Gasteiger charge is -2.30. The first kappa shape index (κ1) is 29.8. The highest BCUT2D eigenvalue weighted by atomic mass is 35.5. The molecule has 1 heterocycles. The van der Waals surface area contributed by atoms with E-state index in [4.69, 9.17) is 30.5 Å². The Bertz CT molecular complexity index is 1250. The molecule has 208 valence electrons. The van der Waals surface area contributed by atoms with Gasteiger partial charge < -0.3 is 24.3 Å². The molecule has 1 unspecified atom stereocenters. The summed E-state index contributed by atoms with van der Waals surface area (Å²) in [5.41, 5.74) is 3.64. The number of methoxy groups -OCH3 is 1. The number of dihydropyridines is 1. The third-order valence-corrected chi connectivity index (χ3v) is 6.46. The molecule has 2 aromatic carbocycles. The van der Waals surface area contributed by atoms with E-state index in [9.17, 15) is 14.4 Å². The van der Waals surface area contributed by atoms with E-state index in [1.807, 2.05) is 30.3 Å². The van der Waals surface area contributed by atoms with Crippen molar-refractivity contribution in [1.29, 1.82) is 0 Å². The molecule has 1 aliphatic heterocycles. The van der Waals surface area contributed by atoms with E-state index in [1.165, 1.54) is 14.0 Å². The van der Waals surface area contributed by atoms with Crippen LogP contribution in [-0.2, 0) is 35.0 Å². The van der Waals surface area contributed by atoms with Crippen LogP contribution in [0.4, 0.5) is 0 Å². The largest absolute Gasteiger partial charge is 0.494 e. The molecule has 9 heteroatoms. The van der Waals surface area contributed by atoms with Crippen LogP contribution in [0, 0.1) is 0 Å². The van der Waals surface area contributed by atoms with Gasteiger partial charge in [0.15, 0.2) is 0 Å². The number of hydrogen-bond acceptors (Lipinski definition) is 8. The number of rotatable bonds is 12. The SMILES string of the molecule is COC(=O)C1=C(C)NC(C)=C(C(=O)OCCCCOc2ccc(CCOC(C)=O)cc2)C1c1cccc(Cl)c1. The molecule has 0 radical (unpaired) electrons. The minimum atomic E-state index is -0.676. The van der Waals surface area contributed by atoms with Crippen molar-refractivity contribution in [2.75, 3.05) is 26.9 Å². The summed E-state index contributed by atoms with van der Waals surface area (Å²) in [6.07, 6.45) is 1.93. The monoisotopic (exact) mass is 555 g/mol. The Morgan fingerprint density at radius 3 is 2.18 bits per heavy atom. The van der Waals surface area contributed by atoms with Gasteiger partial charge in [0.1, 0.15) is 5.75 Å². The van der Waals surface area contributed by atoms with Crippen LogP contribution in [0.25, 0.3) is 0 Å². The fourth-order valence-corrected chi connectivity index (χ4v) is 4.57. The summed E-state index contributed by atoms with van der Waals surface area (Å²) >= 11 is 6.23. The third kappa shape index (κ3) is 8.35. The maximum Gasteiger partial charge on any atom is 0.336 e. The van der Waals surface area contributed by atoms with Gasteiger partial charge in [0.25, 0.3) is 0 Å². The number of nitrogens with one attached hydrogen (secondary N) is 1. The minimum Gasteiger partial charge on any atom is -0.494 e. The predicted molar refractivity (Wildman–Crippen MR) is 147 cm³/mol. The number of benzene rings is 2. The Balaban J connectivity index is 1.54. The third-order valence-electron chi connectivity index (χ3n) is 6.23. The summed E-state index contributed by atoms with van der Waals surface area (Å²) in [4.78, 5) is 36.8. The second-order valence-corrected chi connectivity index (χ2v) is 9.54. The Labute approximate surface area is 233 Å². The zero-order valence-electron chi connectivity index (χ0n) is 22.7. The molecular formula is C30H34ClNO7. The molecule has 3 rings (SSSR count). The maximum absolute atomic E-state index is 13.3. The van der Waals surface area contributed by atoms with Crippen molar-refractivity contribution >= 4 is 29.5 Å². The number of hydrogen-bond donors (Lipinski definition) is 1. The minimum absolute atomic E-state index is 0.201. The molecule has 8 nitrogen and oxygen atoms in total. The highest BCUT2D eigenvalue weighted by molar-refractivity contribution is 6.30. The van der Waals surface area contributed by atoms with Crippen LogP contribution in [0.5, 0.6) is 5.75 Å². The molecule has 0 bridgehead atoms. The first-order valence-corrected chi connectivity index (χ1v) is 13.1. The summed E-state index contributed by atoms with van der Waals surface area (Å²) in [6.45, 7) is 5.95. The van der Waals surface area contributed by atoms with Gasteiger partial charge in [-0.1, -0.05) is 35.9 Å². The van der Waals surface area contributed by atoms with E-state index < -0.39 is 17.9 Å². The lowest BCUT2D eigenvalue weighted by molar-refractivity contribution is -0.141. The number of carbonyl (C=O) groups is 3. The summed E-state index contributed by atoms with van der Waals surface area (Å²) in [6, 6.07) is 14.7. The molecule has 0 saturated carbocycles. The van der Waals surface area contributed by atoms with Gasteiger partial charge in [0.05, 0.1) is 44.0 Å². The van der Waals surface area contributed by atoms with Crippen LogP contribution < -0.4 is 10.1 Å². The van der Waals surface area contributed by atoms with Crippen LogP contribution in [0.3, 0.4) is 0 Å². The predicted octanol–water partition coefficient (Wildman–Crippen LogP) is 5.26. The van der Waals surface area contributed by atoms with Crippen molar-refractivity contribution in [3.8, 4) is 5.75 Å². The molecule has 39 heavy (non-hydrogen) atoms. The maximum atomic E-state index is 13.3. The summed E-state index contributed by atoms with van der Waals surface area (Å²) in [5.74, 6) is -1.27. The van der Waals surface area contributed by atoms with E-state index in [-0.39, 0.29) is 12.6 Å². The highest BCUT2D eigenvalue weighted by Crippen LogP contribution is 2.39. The second-order valence-electron chi connectivity index (χ2n) is 9.11. The standard InChI is InChI=1S/C30H34ClNO7/c1-19-26(29(34)36-4)28(23-8-7-9-24(31)18-23)27(20(2)32-19)30(35)39-16-6-5-15-38-25-12-10-22(11-13-25)14-17-37-21(3)33/h7-13,18,28,32H,5-6,14-17H2,1-4H3. The van der Waals surface area contributed by atoms with Gasteiger partial charge in [-0.25, -0.2) is 9.59 Å². The molecule has 2 aromatic rings. The van der Waals surface area contributed by atoms with Gasteiger partial charge in [0.2, 0.25) is 0 Å². The molecule has 1 atom stereocenters. The smallest absolute Gasteiger partial charge is 0.336 e. The molecular weight excluding hydrogens is 522 g/mol. The zero-order chi connectivity index (χ0) is 28.4. The zero-order valence-corrected chi connectivity index (χ0v) is 23.4. The normalized spacial score (nSPS) is 14.9. The van der Waals surface area contributed by atoms with E-state index in [0.717, 1.165) is 11.3 Å². The van der Waals surface area contributed by atoms with Gasteiger partial charge in [0, 0.05) is 29.8 Å². The Morgan fingerprint density at radius 1 is 0.872 bits per heavy atom. The van der Waals surface area contributed by atoms with Crippen molar-refractivity contribution in [2.45, 2.75) is 46.0 Å². The first-order chi connectivity index (χ1) is 18.7. The van der Waals surface area contributed by atoms with Gasteiger partial charge in [-0.3, -0.25) is 4.79 Å². The number of carbonyl (C=O) groups excluding carboxylic acids is 3. The second kappa shape index (κ2) is 14.4. The molecule has 0 amide bonds. The van der Waals surface area contributed by atoms with Crippen LogP contribution in [0.15, 0.2) is 71.1 Å². The van der Waals surface area contributed by atoms with Crippen molar-refractivity contribution in [3.63, 3.8) is 0 Å². The molecule has 0 fully saturated rings. The summed E-state index contributed by atoms with van der Waals surface area (Å²) < 4.78 is 21.4. The van der Waals surface area contributed by atoms with Gasteiger partial charge in [-0.2, -0.15) is 0 Å². The summed E-state index contributed by atoms with van der Waals surface area (Å²) in [7, 11) is 1.31.